The average Bonchev–Trinajstić information content (AvgIpc) is 2.96. The molecule has 1 heterocycles. The lowest BCUT2D eigenvalue weighted by Gasteiger charge is -2.22. The van der Waals surface area contributed by atoms with E-state index in [0.29, 0.717) is 12.1 Å². The van der Waals surface area contributed by atoms with Gasteiger partial charge in [-0.25, -0.2) is 0 Å². The summed E-state index contributed by atoms with van der Waals surface area (Å²) in [5.74, 6) is 0. The van der Waals surface area contributed by atoms with Crippen LogP contribution in [0.4, 0.5) is 0 Å². The molecule has 1 aliphatic carbocycles. The number of aromatic nitrogens is 2. The molecule has 0 radical (unpaired) electrons. The summed E-state index contributed by atoms with van der Waals surface area (Å²) in [6.45, 7) is 3.75. The fourth-order valence-electron chi connectivity index (χ4n) is 2.90. The van der Waals surface area contributed by atoms with Crippen molar-refractivity contribution in [3.05, 3.63) is 18.0 Å². The van der Waals surface area contributed by atoms with Gasteiger partial charge in [-0.3, -0.25) is 4.68 Å². The molecule has 1 atom stereocenters. The van der Waals surface area contributed by atoms with E-state index in [0.717, 1.165) is 26.1 Å². The molecule has 1 N–H and O–H groups in total. The van der Waals surface area contributed by atoms with Crippen LogP contribution in [-0.4, -0.2) is 36.1 Å². The van der Waals surface area contributed by atoms with E-state index in [1.54, 1.807) is 0 Å². The van der Waals surface area contributed by atoms with E-state index in [1.165, 1.54) is 37.8 Å². The van der Waals surface area contributed by atoms with Gasteiger partial charge in [-0.05, 0) is 32.4 Å². The summed E-state index contributed by atoms with van der Waals surface area (Å²) >= 11 is 0. The van der Waals surface area contributed by atoms with Gasteiger partial charge >= 0.3 is 0 Å². The molecule has 1 unspecified atom stereocenters. The highest BCUT2D eigenvalue weighted by molar-refractivity contribution is 5.02. The molecule has 0 aliphatic heterocycles. The van der Waals surface area contributed by atoms with Crippen molar-refractivity contribution in [2.75, 3.05) is 20.3 Å². The second-order valence-electron chi connectivity index (χ2n) is 5.84. The van der Waals surface area contributed by atoms with Gasteiger partial charge in [0.25, 0.3) is 0 Å². The zero-order valence-corrected chi connectivity index (χ0v) is 13.0. The third-order valence-corrected chi connectivity index (χ3v) is 4.14. The van der Waals surface area contributed by atoms with Crippen LogP contribution in [0.5, 0.6) is 0 Å². The van der Waals surface area contributed by atoms with Crippen LogP contribution in [-0.2, 0) is 11.2 Å². The Kier molecular flexibility index (Phi) is 6.54. The minimum atomic E-state index is 0.358. The van der Waals surface area contributed by atoms with Gasteiger partial charge in [0.15, 0.2) is 0 Å². The van der Waals surface area contributed by atoms with Crippen LogP contribution in [0, 0.1) is 0 Å². The van der Waals surface area contributed by atoms with Crippen molar-refractivity contribution in [3.8, 4) is 0 Å². The molecule has 0 amide bonds. The van der Waals surface area contributed by atoms with Gasteiger partial charge in [0.2, 0.25) is 0 Å². The fraction of sp³-hybridized carbons (Fsp3) is 0.812. The van der Waals surface area contributed by atoms with Crippen molar-refractivity contribution >= 4 is 0 Å². The van der Waals surface area contributed by atoms with E-state index in [-0.39, 0.29) is 0 Å². The van der Waals surface area contributed by atoms with E-state index >= 15 is 0 Å². The number of likely N-dealkylation sites (N-methyl/N-ethyl adjacent to an activating group) is 1. The molecule has 0 bridgehead atoms. The first-order valence-electron chi connectivity index (χ1n) is 8.12. The van der Waals surface area contributed by atoms with Gasteiger partial charge in [-0.1, -0.05) is 26.2 Å². The highest BCUT2D eigenvalue weighted by atomic mass is 16.5. The Bertz CT molecular complexity index is 372. The van der Waals surface area contributed by atoms with E-state index in [9.17, 15) is 0 Å². The maximum absolute atomic E-state index is 5.63. The Balaban J connectivity index is 1.84. The quantitative estimate of drug-likeness (QED) is 0.744. The second kappa shape index (κ2) is 8.42. The Labute approximate surface area is 122 Å². The van der Waals surface area contributed by atoms with Crippen LogP contribution < -0.4 is 5.32 Å². The van der Waals surface area contributed by atoms with Gasteiger partial charge in [0.05, 0.1) is 18.3 Å². The molecule has 2 rings (SSSR count). The topological polar surface area (TPSA) is 39.1 Å². The monoisotopic (exact) mass is 279 g/mol. The average molecular weight is 279 g/mol. The first kappa shape index (κ1) is 15.5. The van der Waals surface area contributed by atoms with Crippen LogP contribution in [0.15, 0.2) is 12.3 Å². The lowest BCUT2D eigenvalue weighted by atomic mass is 9.96. The minimum Gasteiger partial charge on any atom is -0.380 e. The number of ether oxygens (including phenoxy) is 1. The number of hydrogen-bond donors (Lipinski definition) is 1. The highest BCUT2D eigenvalue weighted by Gasteiger charge is 2.17. The van der Waals surface area contributed by atoms with Crippen LogP contribution in [0.1, 0.15) is 57.2 Å². The lowest BCUT2D eigenvalue weighted by Crippen LogP contribution is -2.32. The van der Waals surface area contributed by atoms with Gasteiger partial charge in [0, 0.05) is 25.3 Å². The maximum Gasteiger partial charge on any atom is 0.0641 e. The van der Waals surface area contributed by atoms with Gasteiger partial charge in [-0.2, -0.15) is 5.10 Å². The Hall–Kier alpha value is -0.870. The number of hydrogen-bond acceptors (Lipinski definition) is 3. The zero-order valence-electron chi connectivity index (χ0n) is 13.0. The molecule has 0 spiro atoms. The summed E-state index contributed by atoms with van der Waals surface area (Å²) in [5, 5.41) is 8.10. The first-order chi connectivity index (χ1) is 9.83. The van der Waals surface area contributed by atoms with Crippen molar-refractivity contribution in [1.29, 1.82) is 0 Å². The van der Waals surface area contributed by atoms with E-state index in [4.69, 9.17) is 9.84 Å². The standard InChI is InChI=1S/C16H29N3O/c1-3-11-20-13-15(17-2)12-14-9-10-19(18-14)16-7-5-4-6-8-16/h9-10,15-17H,3-8,11-13H2,1-2H3. The summed E-state index contributed by atoms with van der Waals surface area (Å²) in [7, 11) is 2.00. The third kappa shape index (κ3) is 4.60. The van der Waals surface area contributed by atoms with Crippen molar-refractivity contribution in [2.45, 2.75) is 64.0 Å². The predicted octanol–water partition coefficient (Wildman–Crippen LogP) is 2.95. The Morgan fingerprint density at radius 3 is 2.90 bits per heavy atom. The van der Waals surface area contributed by atoms with E-state index in [1.807, 2.05) is 7.05 Å². The maximum atomic E-state index is 5.63. The molecule has 1 aromatic heterocycles. The fourth-order valence-corrected chi connectivity index (χ4v) is 2.90. The number of nitrogens with one attached hydrogen (secondary N) is 1. The van der Waals surface area contributed by atoms with Gasteiger partial charge < -0.3 is 10.1 Å². The third-order valence-electron chi connectivity index (χ3n) is 4.14. The van der Waals surface area contributed by atoms with Crippen molar-refractivity contribution in [2.24, 2.45) is 0 Å². The molecule has 1 fully saturated rings. The van der Waals surface area contributed by atoms with Crippen LogP contribution in [0.3, 0.4) is 0 Å². The normalized spacial score (nSPS) is 18.3. The summed E-state index contributed by atoms with van der Waals surface area (Å²) in [6.07, 6.45) is 10.8. The van der Waals surface area contributed by atoms with Crippen LogP contribution >= 0.6 is 0 Å². The summed E-state index contributed by atoms with van der Waals surface area (Å²) in [6, 6.07) is 3.15. The van der Waals surface area contributed by atoms with Crippen LogP contribution in [0.25, 0.3) is 0 Å². The van der Waals surface area contributed by atoms with E-state index < -0.39 is 0 Å². The van der Waals surface area contributed by atoms with Crippen molar-refractivity contribution < 1.29 is 4.74 Å². The predicted molar refractivity (Wildman–Crippen MR) is 82.0 cm³/mol. The summed E-state index contributed by atoms with van der Waals surface area (Å²) in [5.41, 5.74) is 1.18. The summed E-state index contributed by atoms with van der Waals surface area (Å²) < 4.78 is 7.82. The molecule has 114 valence electrons. The molecule has 4 heteroatoms. The lowest BCUT2D eigenvalue weighted by molar-refractivity contribution is 0.113. The van der Waals surface area contributed by atoms with Crippen LogP contribution in [0.2, 0.25) is 0 Å². The Morgan fingerprint density at radius 1 is 1.40 bits per heavy atom. The number of nitrogens with zero attached hydrogens (tertiary/aromatic N) is 2. The Morgan fingerprint density at radius 2 is 2.20 bits per heavy atom. The zero-order chi connectivity index (χ0) is 14.2. The van der Waals surface area contributed by atoms with Gasteiger partial charge in [0.1, 0.15) is 0 Å². The minimum absolute atomic E-state index is 0.358. The SMILES string of the molecule is CCCOCC(Cc1ccn(C2CCCCC2)n1)NC. The molecule has 20 heavy (non-hydrogen) atoms. The molecule has 0 aromatic carbocycles. The van der Waals surface area contributed by atoms with E-state index in [2.05, 4.69) is 29.2 Å². The summed E-state index contributed by atoms with van der Waals surface area (Å²) in [4.78, 5) is 0. The highest BCUT2D eigenvalue weighted by Crippen LogP contribution is 2.27. The van der Waals surface area contributed by atoms with Crippen molar-refractivity contribution in [3.63, 3.8) is 0 Å². The largest absolute Gasteiger partial charge is 0.380 e. The molecular formula is C16H29N3O. The molecular weight excluding hydrogens is 250 g/mol. The molecule has 1 saturated carbocycles. The van der Waals surface area contributed by atoms with Crippen molar-refractivity contribution in [1.82, 2.24) is 15.1 Å². The number of rotatable bonds is 8. The first-order valence-corrected chi connectivity index (χ1v) is 8.12. The molecule has 4 nitrogen and oxygen atoms in total. The molecule has 1 aromatic rings. The van der Waals surface area contributed by atoms with Gasteiger partial charge in [-0.15, -0.1) is 0 Å². The molecule has 0 saturated heterocycles. The second-order valence-corrected chi connectivity index (χ2v) is 5.84. The smallest absolute Gasteiger partial charge is 0.0641 e. The molecule has 1 aliphatic rings.